The molecule has 0 heterocycles. The van der Waals surface area contributed by atoms with E-state index >= 15 is 0 Å². The predicted octanol–water partition coefficient (Wildman–Crippen LogP) is 4.28. The van der Waals surface area contributed by atoms with Crippen molar-refractivity contribution in [2.75, 3.05) is 6.61 Å². The largest absolute Gasteiger partial charge is 0.481 e. The topological polar surface area (TPSA) is 38.3 Å². The molecule has 0 radical (unpaired) electrons. The Morgan fingerprint density at radius 3 is 2.38 bits per heavy atom. The van der Waals surface area contributed by atoms with Crippen LogP contribution in [-0.2, 0) is 11.2 Å². The molecule has 0 fully saturated rings. The van der Waals surface area contributed by atoms with E-state index in [1.807, 2.05) is 12.1 Å². The van der Waals surface area contributed by atoms with E-state index < -0.39 is 5.82 Å². The molecule has 24 heavy (non-hydrogen) atoms. The number of para-hydroxylation sites is 1. The lowest BCUT2D eigenvalue weighted by molar-refractivity contribution is -0.124. The molecule has 0 aliphatic carbocycles. The number of hydrogen-bond donors (Lipinski definition) is 1. The summed E-state index contributed by atoms with van der Waals surface area (Å²) in [6, 6.07) is 14.2. The van der Waals surface area contributed by atoms with Gasteiger partial charge in [-0.05, 0) is 35.6 Å². The molecule has 0 bridgehead atoms. The Morgan fingerprint density at radius 1 is 1.12 bits per heavy atom. The van der Waals surface area contributed by atoms with Crippen LogP contribution in [0.4, 0.5) is 4.39 Å². The maximum Gasteiger partial charge on any atom is 0.258 e. The first-order valence-corrected chi connectivity index (χ1v) is 8.26. The summed E-state index contributed by atoms with van der Waals surface area (Å²) in [5, 5.41) is 2.97. The molecule has 128 valence electrons. The van der Waals surface area contributed by atoms with Gasteiger partial charge < -0.3 is 10.1 Å². The molecule has 0 aliphatic heterocycles. The number of aryl methyl sites for hydroxylation is 1. The van der Waals surface area contributed by atoms with Gasteiger partial charge in [0.2, 0.25) is 0 Å². The van der Waals surface area contributed by atoms with Crippen molar-refractivity contribution in [2.45, 2.75) is 33.2 Å². The summed E-state index contributed by atoms with van der Waals surface area (Å²) in [5.74, 6) is -0.423. The molecule has 0 saturated heterocycles. The first kappa shape index (κ1) is 18.0. The minimum Gasteiger partial charge on any atom is -0.481 e. The fourth-order valence-corrected chi connectivity index (χ4v) is 2.52. The Hall–Kier alpha value is -2.36. The van der Waals surface area contributed by atoms with E-state index in [9.17, 15) is 9.18 Å². The molecular formula is C20H24FNO2. The number of rotatable bonds is 7. The van der Waals surface area contributed by atoms with Crippen molar-refractivity contribution < 1.29 is 13.9 Å². The number of halogens is 1. The summed E-state index contributed by atoms with van der Waals surface area (Å²) in [6.45, 7) is 6.00. The third-order valence-electron chi connectivity index (χ3n) is 3.93. The fraction of sp³-hybridized carbons (Fsp3) is 0.350. The molecule has 1 amide bonds. The monoisotopic (exact) mass is 329 g/mol. The molecule has 4 heteroatoms. The standard InChI is InChI=1S/C20H24FNO2/c1-4-15-9-11-16(12-10-15)20(14(2)3)22-19(23)13-24-18-8-6-5-7-17(18)21/h5-12,14,20H,4,13H2,1-3H3,(H,22,23). The minimum atomic E-state index is -0.471. The van der Waals surface area contributed by atoms with Crippen molar-refractivity contribution in [2.24, 2.45) is 5.92 Å². The second-order valence-corrected chi connectivity index (χ2v) is 6.10. The van der Waals surface area contributed by atoms with Gasteiger partial charge in [-0.2, -0.15) is 0 Å². The van der Waals surface area contributed by atoms with Gasteiger partial charge in [0.15, 0.2) is 18.2 Å². The number of ether oxygens (including phenoxy) is 1. The van der Waals surface area contributed by atoms with E-state index in [0.717, 1.165) is 12.0 Å². The summed E-state index contributed by atoms with van der Waals surface area (Å²) >= 11 is 0. The predicted molar refractivity (Wildman–Crippen MR) is 93.4 cm³/mol. The Morgan fingerprint density at radius 2 is 1.79 bits per heavy atom. The SMILES string of the molecule is CCc1ccc(C(NC(=O)COc2ccccc2F)C(C)C)cc1. The molecule has 0 spiro atoms. The summed E-state index contributed by atoms with van der Waals surface area (Å²) < 4.78 is 18.8. The van der Waals surface area contributed by atoms with Crippen LogP contribution >= 0.6 is 0 Å². The van der Waals surface area contributed by atoms with Crippen LogP contribution in [0.2, 0.25) is 0 Å². The normalized spacial score (nSPS) is 12.0. The van der Waals surface area contributed by atoms with Gasteiger partial charge in [0.25, 0.3) is 5.91 Å². The molecule has 0 aromatic heterocycles. The maximum atomic E-state index is 13.5. The molecule has 2 rings (SSSR count). The third kappa shape index (κ3) is 4.82. The number of carbonyl (C=O) groups excluding carboxylic acids is 1. The third-order valence-corrected chi connectivity index (χ3v) is 3.93. The highest BCUT2D eigenvalue weighted by molar-refractivity contribution is 5.78. The van der Waals surface area contributed by atoms with Gasteiger partial charge in [-0.25, -0.2) is 4.39 Å². The molecular weight excluding hydrogens is 305 g/mol. The van der Waals surface area contributed by atoms with Gasteiger partial charge >= 0.3 is 0 Å². The summed E-state index contributed by atoms with van der Waals surface area (Å²) in [6.07, 6.45) is 0.982. The van der Waals surface area contributed by atoms with Crippen molar-refractivity contribution in [3.8, 4) is 5.75 Å². The number of carbonyl (C=O) groups is 1. The van der Waals surface area contributed by atoms with E-state index in [4.69, 9.17) is 4.74 Å². The quantitative estimate of drug-likeness (QED) is 0.823. The van der Waals surface area contributed by atoms with Gasteiger partial charge in [0.05, 0.1) is 6.04 Å². The second-order valence-electron chi connectivity index (χ2n) is 6.10. The highest BCUT2D eigenvalue weighted by Gasteiger charge is 2.18. The highest BCUT2D eigenvalue weighted by atomic mass is 19.1. The number of amides is 1. The minimum absolute atomic E-state index is 0.0843. The average molecular weight is 329 g/mol. The molecule has 1 atom stereocenters. The number of nitrogens with one attached hydrogen (secondary N) is 1. The lowest BCUT2D eigenvalue weighted by Crippen LogP contribution is -2.35. The molecule has 2 aromatic carbocycles. The molecule has 1 unspecified atom stereocenters. The lowest BCUT2D eigenvalue weighted by Gasteiger charge is -2.23. The fourth-order valence-electron chi connectivity index (χ4n) is 2.52. The van der Waals surface area contributed by atoms with Gasteiger partial charge in [-0.15, -0.1) is 0 Å². The van der Waals surface area contributed by atoms with Crippen LogP contribution in [-0.4, -0.2) is 12.5 Å². The molecule has 2 aromatic rings. The molecule has 3 nitrogen and oxygen atoms in total. The molecule has 1 N–H and O–H groups in total. The Balaban J connectivity index is 1.99. The van der Waals surface area contributed by atoms with Crippen molar-refractivity contribution in [3.05, 3.63) is 65.5 Å². The number of hydrogen-bond acceptors (Lipinski definition) is 2. The zero-order chi connectivity index (χ0) is 17.5. The Kier molecular flexibility index (Phi) is 6.36. The van der Waals surface area contributed by atoms with Crippen LogP contribution in [0.1, 0.15) is 37.9 Å². The van der Waals surface area contributed by atoms with E-state index in [1.165, 1.54) is 17.7 Å². The average Bonchev–Trinajstić information content (AvgIpc) is 2.59. The van der Waals surface area contributed by atoms with Gasteiger partial charge in [0.1, 0.15) is 0 Å². The van der Waals surface area contributed by atoms with Crippen LogP contribution in [0.5, 0.6) is 5.75 Å². The van der Waals surface area contributed by atoms with Crippen molar-refractivity contribution in [3.63, 3.8) is 0 Å². The van der Waals surface area contributed by atoms with Crippen LogP contribution in [0.3, 0.4) is 0 Å². The second kappa shape index (κ2) is 8.48. The van der Waals surface area contributed by atoms with Crippen LogP contribution in [0.15, 0.2) is 48.5 Å². The smallest absolute Gasteiger partial charge is 0.258 e. The van der Waals surface area contributed by atoms with Gasteiger partial charge in [0, 0.05) is 0 Å². The first-order valence-electron chi connectivity index (χ1n) is 8.26. The van der Waals surface area contributed by atoms with E-state index in [1.54, 1.807) is 12.1 Å². The molecule has 0 aliphatic rings. The highest BCUT2D eigenvalue weighted by Crippen LogP contribution is 2.22. The van der Waals surface area contributed by atoms with E-state index in [-0.39, 0.29) is 30.2 Å². The Labute approximate surface area is 142 Å². The summed E-state index contributed by atoms with van der Waals surface area (Å²) in [4.78, 5) is 12.2. The van der Waals surface area contributed by atoms with Crippen LogP contribution < -0.4 is 10.1 Å². The van der Waals surface area contributed by atoms with E-state index in [2.05, 4.69) is 38.2 Å². The van der Waals surface area contributed by atoms with E-state index in [0.29, 0.717) is 0 Å². The summed E-state index contributed by atoms with van der Waals surface area (Å²) in [7, 11) is 0. The van der Waals surface area contributed by atoms with Crippen LogP contribution in [0.25, 0.3) is 0 Å². The first-order chi connectivity index (χ1) is 11.5. The summed E-state index contributed by atoms with van der Waals surface area (Å²) in [5.41, 5.74) is 2.32. The Bertz CT molecular complexity index is 668. The van der Waals surface area contributed by atoms with Crippen molar-refractivity contribution in [1.29, 1.82) is 0 Å². The molecule has 0 saturated carbocycles. The van der Waals surface area contributed by atoms with Gasteiger partial charge in [-0.3, -0.25) is 4.79 Å². The van der Waals surface area contributed by atoms with Gasteiger partial charge in [-0.1, -0.05) is 57.2 Å². The lowest BCUT2D eigenvalue weighted by atomic mass is 9.95. The van der Waals surface area contributed by atoms with Crippen molar-refractivity contribution >= 4 is 5.91 Å². The number of benzene rings is 2. The zero-order valence-electron chi connectivity index (χ0n) is 14.4. The van der Waals surface area contributed by atoms with Crippen LogP contribution in [0, 0.1) is 11.7 Å². The zero-order valence-corrected chi connectivity index (χ0v) is 14.4. The maximum absolute atomic E-state index is 13.5. The van der Waals surface area contributed by atoms with Crippen molar-refractivity contribution in [1.82, 2.24) is 5.32 Å².